The Balaban J connectivity index is 2.81. The van der Waals surface area contributed by atoms with Crippen LogP contribution < -0.4 is 16.8 Å². The van der Waals surface area contributed by atoms with E-state index in [0.717, 1.165) is 11.8 Å². The number of hydrazine groups is 1. The fourth-order valence-electron chi connectivity index (χ4n) is 0.946. The van der Waals surface area contributed by atoms with Gasteiger partial charge in [-0.3, -0.25) is 15.0 Å². The van der Waals surface area contributed by atoms with Gasteiger partial charge in [-0.25, -0.2) is 10.8 Å². The van der Waals surface area contributed by atoms with Crippen molar-refractivity contribution in [1.82, 2.24) is 15.4 Å². The number of aryl methyl sites for hydroxylation is 1. The second-order valence-corrected chi connectivity index (χ2v) is 4.29. The van der Waals surface area contributed by atoms with Crippen LogP contribution in [-0.4, -0.2) is 21.1 Å². The van der Waals surface area contributed by atoms with Gasteiger partial charge >= 0.3 is 0 Å². The first-order valence-corrected chi connectivity index (χ1v) is 5.16. The predicted octanol–water partition coefficient (Wildman–Crippen LogP) is -0.451. The molecule has 1 aromatic heterocycles. The van der Waals surface area contributed by atoms with Crippen molar-refractivity contribution in [3.63, 3.8) is 0 Å². The lowest BCUT2D eigenvalue weighted by Gasteiger charge is -2.08. The first-order chi connectivity index (χ1) is 7.02. The van der Waals surface area contributed by atoms with Gasteiger partial charge in [0.1, 0.15) is 0 Å². The Bertz CT molecular complexity index is 417. The first-order valence-electron chi connectivity index (χ1n) is 4.28. The fourth-order valence-corrected chi connectivity index (χ4v) is 1.81. The van der Waals surface area contributed by atoms with Crippen LogP contribution >= 0.6 is 11.8 Å². The maximum Gasteiger partial charge on any atom is 0.251 e. The van der Waals surface area contributed by atoms with E-state index in [4.69, 9.17) is 5.84 Å². The standard InChI is InChI=1S/C8H12N4O2S/c1-4-3-6(13)11-8(10-4)15-5(2)7(14)12-9/h3,5H,9H2,1-2H3,(H,12,14)(H,10,11,13). The van der Waals surface area contributed by atoms with E-state index < -0.39 is 5.25 Å². The molecule has 0 aliphatic rings. The van der Waals surface area contributed by atoms with Gasteiger partial charge in [-0.15, -0.1) is 0 Å². The smallest absolute Gasteiger partial charge is 0.251 e. The maximum absolute atomic E-state index is 11.1. The number of rotatable bonds is 3. The van der Waals surface area contributed by atoms with E-state index in [2.05, 4.69) is 9.97 Å². The van der Waals surface area contributed by atoms with Crippen LogP contribution in [0, 0.1) is 6.92 Å². The summed E-state index contributed by atoms with van der Waals surface area (Å²) < 4.78 is 0. The van der Waals surface area contributed by atoms with Crippen molar-refractivity contribution in [3.05, 3.63) is 22.1 Å². The molecule has 1 heterocycles. The van der Waals surface area contributed by atoms with E-state index in [9.17, 15) is 9.59 Å². The molecule has 0 aromatic carbocycles. The first kappa shape index (κ1) is 11.7. The number of thioether (sulfide) groups is 1. The highest BCUT2D eigenvalue weighted by Crippen LogP contribution is 2.17. The van der Waals surface area contributed by atoms with Crippen LogP contribution in [0.5, 0.6) is 0 Å². The summed E-state index contributed by atoms with van der Waals surface area (Å²) in [4.78, 5) is 28.8. The topological polar surface area (TPSA) is 101 Å². The molecule has 0 radical (unpaired) electrons. The number of nitrogens with zero attached hydrogens (tertiary/aromatic N) is 1. The number of carbonyl (C=O) groups excluding carboxylic acids is 1. The lowest BCUT2D eigenvalue weighted by atomic mass is 10.5. The van der Waals surface area contributed by atoms with Crippen LogP contribution in [0.1, 0.15) is 12.6 Å². The summed E-state index contributed by atoms with van der Waals surface area (Å²) >= 11 is 1.15. The predicted molar refractivity (Wildman–Crippen MR) is 57.2 cm³/mol. The third-order valence-electron chi connectivity index (χ3n) is 1.65. The van der Waals surface area contributed by atoms with Crippen LogP contribution in [0.4, 0.5) is 0 Å². The summed E-state index contributed by atoms with van der Waals surface area (Å²) in [5.74, 6) is 4.67. The summed E-state index contributed by atoms with van der Waals surface area (Å²) in [7, 11) is 0. The molecule has 82 valence electrons. The molecule has 0 saturated heterocycles. The summed E-state index contributed by atoms with van der Waals surface area (Å²) in [5, 5.41) is 0.0102. The number of hydrogen-bond acceptors (Lipinski definition) is 5. The van der Waals surface area contributed by atoms with Gasteiger partial charge in [0.05, 0.1) is 5.25 Å². The number of hydrogen-bond donors (Lipinski definition) is 3. The van der Waals surface area contributed by atoms with Crippen LogP contribution in [0.15, 0.2) is 16.0 Å². The van der Waals surface area contributed by atoms with Crippen LogP contribution in [0.25, 0.3) is 0 Å². The zero-order chi connectivity index (χ0) is 11.4. The van der Waals surface area contributed by atoms with E-state index in [1.165, 1.54) is 6.07 Å². The summed E-state index contributed by atoms with van der Waals surface area (Å²) in [6.07, 6.45) is 0. The normalized spacial score (nSPS) is 12.2. The number of carbonyl (C=O) groups is 1. The third-order valence-corrected chi connectivity index (χ3v) is 2.63. The largest absolute Gasteiger partial charge is 0.301 e. The van der Waals surface area contributed by atoms with Crippen molar-refractivity contribution in [1.29, 1.82) is 0 Å². The van der Waals surface area contributed by atoms with Crippen molar-refractivity contribution >= 4 is 17.7 Å². The minimum Gasteiger partial charge on any atom is -0.301 e. The zero-order valence-corrected chi connectivity index (χ0v) is 9.22. The fraction of sp³-hybridized carbons (Fsp3) is 0.375. The Labute approximate surface area is 90.6 Å². The van der Waals surface area contributed by atoms with Crippen molar-refractivity contribution in [2.45, 2.75) is 24.3 Å². The molecule has 1 aromatic rings. The molecule has 0 aliphatic carbocycles. The highest BCUT2D eigenvalue weighted by Gasteiger charge is 2.14. The summed E-state index contributed by atoms with van der Waals surface area (Å²) in [5.41, 5.74) is 2.42. The molecule has 0 saturated carbocycles. The van der Waals surface area contributed by atoms with Crippen molar-refractivity contribution in [3.8, 4) is 0 Å². The number of H-pyrrole nitrogens is 1. The lowest BCUT2D eigenvalue weighted by Crippen LogP contribution is -2.36. The van der Waals surface area contributed by atoms with Gasteiger partial charge in [-0.05, 0) is 13.8 Å². The molecule has 4 N–H and O–H groups in total. The number of amides is 1. The van der Waals surface area contributed by atoms with E-state index >= 15 is 0 Å². The number of nitrogens with one attached hydrogen (secondary N) is 2. The highest BCUT2D eigenvalue weighted by atomic mass is 32.2. The van der Waals surface area contributed by atoms with Gasteiger partial charge in [0.15, 0.2) is 5.16 Å². The Hall–Kier alpha value is -1.34. The van der Waals surface area contributed by atoms with Gasteiger partial charge in [0.2, 0.25) is 5.91 Å². The molecule has 1 amide bonds. The second-order valence-electron chi connectivity index (χ2n) is 2.96. The Morgan fingerprint density at radius 2 is 2.40 bits per heavy atom. The Kier molecular flexibility index (Phi) is 3.87. The quantitative estimate of drug-likeness (QED) is 0.214. The van der Waals surface area contributed by atoms with Crippen molar-refractivity contribution < 1.29 is 4.79 Å². The Morgan fingerprint density at radius 3 is 2.93 bits per heavy atom. The minimum atomic E-state index is -0.403. The van der Waals surface area contributed by atoms with Gasteiger partial charge in [0, 0.05) is 11.8 Å². The van der Waals surface area contributed by atoms with Crippen LogP contribution in [0.2, 0.25) is 0 Å². The van der Waals surface area contributed by atoms with E-state index in [0.29, 0.717) is 10.9 Å². The molecule has 6 nitrogen and oxygen atoms in total. The Morgan fingerprint density at radius 1 is 1.73 bits per heavy atom. The zero-order valence-electron chi connectivity index (χ0n) is 8.40. The highest BCUT2D eigenvalue weighted by molar-refractivity contribution is 8.00. The number of aromatic nitrogens is 2. The molecule has 1 atom stereocenters. The van der Waals surface area contributed by atoms with Crippen LogP contribution in [-0.2, 0) is 4.79 Å². The lowest BCUT2D eigenvalue weighted by molar-refractivity contribution is -0.120. The molecule has 0 spiro atoms. The van der Waals surface area contributed by atoms with Gasteiger partial charge < -0.3 is 4.98 Å². The number of nitrogens with two attached hydrogens (primary N) is 1. The molecule has 1 rings (SSSR count). The third kappa shape index (κ3) is 3.37. The molecule has 0 bridgehead atoms. The molecular weight excluding hydrogens is 216 g/mol. The average molecular weight is 228 g/mol. The van der Waals surface area contributed by atoms with E-state index in [1.807, 2.05) is 5.43 Å². The molecule has 1 unspecified atom stereocenters. The minimum absolute atomic E-state index is 0.231. The maximum atomic E-state index is 11.1. The van der Waals surface area contributed by atoms with Gasteiger partial charge in [0.25, 0.3) is 5.56 Å². The molecule has 7 heteroatoms. The van der Waals surface area contributed by atoms with Crippen molar-refractivity contribution in [2.24, 2.45) is 5.84 Å². The SMILES string of the molecule is Cc1cc(=O)[nH]c(SC(C)C(=O)NN)n1. The van der Waals surface area contributed by atoms with E-state index in [1.54, 1.807) is 13.8 Å². The number of aromatic amines is 1. The molecular formula is C8H12N4O2S. The summed E-state index contributed by atoms with van der Waals surface area (Å²) in [6, 6.07) is 1.39. The van der Waals surface area contributed by atoms with Gasteiger partial charge in [-0.1, -0.05) is 11.8 Å². The van der Waals surface area contributed by atoms with Crippen molar-refractivity contribution in [2.75, 3.05) is 0 Å². The monoisotopic (exact) mass is 228 g/mol. The average Bonchev–Trinajstić information content (AvgIpc) is 2.14. The van der Waals surface area contributed by atoms with Crippen LogP contribution in [0.3, 0.4) is 0 Å². The summed E-state index contributed by atoms with van der Waals surface area (Å²) in [6.45, 7) is 3.39. The molecule has 0 fully saturated rings. The van der Waals surface area contributed by atoms with E-state index in [-0.39, 0.29) is 11.5 Å². The van der Waals surface area contributed by atoms with Gasteiger partial charge in [-0.2, -0.15) is 0 Å². The molecule has 15 heavy (non-hydrogen) atoms. The molecule has 0 aliphatic heterocycles. The second kappa shape index (κ2) is 4.94.